The Bertz CT molecular complexity index is 674. The number of ether oxygens (including phenoxy) is 1. The third-order valence-electron chi connectivity index (χ3n) is 3.98. The number of benzene rings is 1. The summed E-state index contributed by atoms with van der Waals surface area (Å²) in [6, 6.07) is 13.9. The highest BCUT2D eigenvalue weighted by atomic mass is 127. The fourth-order valence-electron chi connectivity index (χ4n) is 2.36. The van der Waals surface area contributed by atoms with Crippen molar-refractivity contribution in [3.05, 3.63) is 59.9 Å². The Balaban J connectivity index is 0.00000225. The summed E-state index contributed by atoms with van der Waals surface area (Å²) in [5.74, 6) is 2.09. The van der Waals surface area contributed by atoms with Gasteiger partial charge in [0, 0.05) is 30.4 Å². The van der Waals surface area contributed by atoms with Gasteiger partial charge < -0.3 is 15.8 Å². The van der Waals surface area contributed by atoms with E-state index in [0.717, 1.165) is 36.0 Å². The van der Waals surface area contributed by atoms with E-state index in [1.54, 1.807) is 6.20 Å². The van der Waals surface area contributed by atoms with Crippen LogP contribution < -0.4 is 15.8 Å². The van der Waals surface area contributed by atoms with E-state index < -0.39 is 0 Å². The molecule has 1 aliphatic rings. The van der Waals surface area contributed by atoms with Crippen LogP contribution in [0.5, 0.6) is 5.75 Å². The lowest BCUT2D eigenvalue weighted by molar-refractivity contribution is 0.297. The average Bonchev–Trinajstić information content (AvgIpc) is 3.44. The minimum atomic E-state index is 0. The summed E-state index contributed by atoms with van der Waals surface area (Å²) in [4.78, 5) is 8.70. The molecule has 0 aliphatic heterocycles. The first-order chi connectivity index (χ1) is 11.8. The number of nitrogens with two attached hydrogens (primary N) is 1. The van der Waals surface area contributed by atoms with Gasteiger partial charge in [-0.1, -0.05) is 24.3 Å². The summed E-state index contributed by atoms with van der Waals surface area (Å²) in [5, 5.41) is 3.13. The van der Waals surface area contributed by atoms with E-state index in [1.165, 1.54) is 12.8 Å². The molecule has 3 rings (SSSR count). The van der Waals surface area contributed by atoms with Gasteiger partial charge in [0.1, 0.15) is 5.75 Å². The molecule has 0 spiro atoms. The van der Waals surface area contributed by atoms with E-state index in [9.17, 15) is 0 Å². The van der Waals surface area contributed by atoms with E-state index in [1.807, 2.05) is 42.5 Å². The average molecular weight is 452 g/mol. The van der Waals surface area contributed by atoms with Crippen molar-refractivity contribution in [3.8, 4) is 5.75 Å². The molecule has 0 saturated heterocycles. The summed E-state index contributed by atoms with van der Waals surface area (Å²) >= 11 is 0. The number of guanidine groups is 1. The molecule has 5 nitrogen and oxygen atoms in total. The van der Waals surface area contributed by atoms with Crippen molar-refractivity contribution < 1.29 is 4.74 Å². The summed E-state index contributed by atoms with van der Waals surface area (Å²) in [5.41, 5.74) is 8.05. The van der Waals surface area contributed by atoms with E-state index in [0.29, 0.717) is 19.0 Å². The monoisotopic (exact) mass is 452 g/mol. The summed E-state index contributed by atoms with van der Waals surface area (Å²) in [6.07, 6.45) is 5.18. The molecule has 0 amide bonds. The number of halogens is 1. The largest absolute Gasteiger partial charge is 0.493 e. The van der Waals surface area contributed by atoms with Crippen LogP contribution in [-0.4, -0.2) is 24.1 Å². The number of nitrogens with zero attached hydrogens (tertiary/aromatic N) is 2. The minimum Gasteiger partial charge on any atom is -0.493 e. The number of pyridine rings is 1. The van der Waals surface area contributed by atoms with E-state index in [2.05, 4.69) is 15.3 Å². The van der Waals surface area contributed by atoms with Crippen molar-refractivity contribution in [1.29, 1.82) is 0 Å². The highest BCUT2D eigenvalue weighted by Crippen LogP contribution is 2.30. The Kier molecular flexibility index (Phi) is 7.97. The highest BCUT2D eigenvalue weighted by Gasteiger charge is 2.22. The number of aliphatic imine (C=N–C) groups is 1. The molecule has 1 aromatic carbocycles. The molecule has 6 heteroatoms. The maximum Gasteiger partial charge on any atom is 0.188 e. The quantitative estimate of drug-likeness (QED) is 0.367. The smallest absolute Gasteiger partial charge is 0.188 e. The molecule has 1 aromatic heterocycles. The first-order valence-electron chi connectivity index (χ1n) is 8.45. The van der Waals surface area contributed by atoms with Crippen molar-refractivity contribution in [2.24, 2.45) is 16.6 Å². The lowest BCUT2D eigenvalue weighted by atomic mass is 10.2. The number of hydrogen-bond donors (Lipinski definition) is 2. The highest BCUT2D eigenvalue weighted by molar-refractivity contribution is 14.0. The lowest BCUT2D eigenvalue weighted by Gasteiger charge is -2.10. The molecule has 0 unspecified atom stereocenters. The Morgan fingerprint density at radius 1 is 1.20 bits per heavy atom. The fraction of sp³-hybridized carbons (Fsp3) is 0.368. The van der Waals surface area contributed by atoms with Crippen molar-refractivity contribution in [2.45, 2.75) is 25.8 Å². The second-order valence-corrected chi connectivity index (χ2v) is 6.06. The number of hydrogen-bond acceptors (Lipinski definition) is 3. The first kappa shape index (κ1) is 19.5. The van der Waals surface area contributed by atoms with Crippen molar-refractivity contribution >= 4 is 29.9 Å². The van der Waals surface area contributed by atoms with Gasteiger partial charge in [0.25, 0.3) is 0 Å². The summed E-state index contributed by atoms with van der Waals surface area (Å²) < 4.78 is 5.89. The SMILES string of the molecule is I.NC(=NCc1ccccc1OCC1CC1)NCCc1ccccn1. The second-order valence-electron chi connectivity index (χ2n) is 6.06. The molecular weight excluding hydrogens is 427 g/mol. The predicted molar refractivity (Wildman–Crippen MR) is 111 cm³/mol. The van der Waals surface area contributed by atoms with E-state index in [-0.39, 0.29) is 24.0 Å². The third-order valence-corrected chi connectivity index (χ3v) is 3.98. The molecule has 1 fully saturated rings. The van der Waals surface area contributed by atoms with Crippen LogP contribution in [0, 0.1) is 5.92 Å². The number of para-hydroxylation sites is 1. The van der Waals surface area contributed by atoms with Gasteiger partial charge in [-0.3, -0.25) is 4.98 Å². The number of aromatic nitrogens is 1. The normalized spacial score (nSPS) is 13.8. The van der Waals surface area contributed by atoms with Crippen LogP contribution in [0.2, 0.25) is 0 Å². The maximum absolute atomic E-state index is 5.95. The number of rotatable bonds is 8. The zero-order chi connectivity index (χ0) is 16.6. The molecule has 134 valence electrons. The first-order valence-corrected chi connectivity index (χ1v) is 8.45. The Labute approximate surface area is 166 Å². The lowest BCUT2D eigenvalue weighted by Crippen LogP contribution is -2.33. The Hall–Kier alpha value is -1.83. The Morgan fingerprint density at radius 3 is 2.76 bits per heavy atom. The fourth-order valence-corrected chi connectivity index (χ4v) is 2.36. The van der Waals surface area contributed by atoms with Crippen molar-refractivity contribution in [3.63, 3.8) is 0 Å². The van der Waals surface area contributed by atoms with Crippen molar-refractivity contribution in [1.82, 2.24) is 10.3 Å². The predicted octanol–water partition coefficient (Wildman–Crippen LogP) is 3.14. The molecule has 0 atom stereocenters. The molecule has 1 saturated carbocycles. The standard InChI is InChI=1S/C19H24N4O.HI/c20-19(22-12-10-17-6-3-4-11-21-17)23-13-16-5-1-2-7-18(16)24-14-15-8-9-15;/h1-7,11,15H,8-10,12-14H2,(H3,20,22,23);1H. The zero-order valence-corrected chi connectivity index (χ0v) is 16.6. The van der Waals surface area contributed by atoms with Gasteiger partial charge in [-0.2, -0.15) is 0 Å². The van der Waals surface area contributed by atoms with Crippen LogP contribution in [0.25, 0.3) is 0 Å². The topological polar surface area (TPSA) is 72.5 Å². The van der Waals surface area contributed by atoms with Gasteiger partial charge in [0.15, 0.2) is 5.96 Å². The van der Waals surface area contributed by atoms with Gasteiger partial charge in [0.2, 0.25) is 0 Å². The zero-order valence-electron chi connectivity index (χ0n) is 14.2. The molecule has 0 bridgehead atoms. The van der Waals surface area contributed by atoms with Crippen LogP contribution in [0.3, 0.4) is 0 Å². The van der Waals surface area contributed by atoms with Gasteiger partial charge >= 0.3 is 0 Å². The van der Waals surface area contributed by atoms with Crippen molar-refractivity contribution in [2.75, 3.05) is 13.2 Å². The van der Waals surface area contributed by atoms with Crippen LogP contribution >= 0.6 is 24.0 Å². The summed E-state index contributed by atoms with van der Waals surface area (Å²) in [7, 11) is 0. The number of nitrogens with one attached hydrogen (secondary N) is 1. The van der Waals surface area contributed by atoms with Crippen LogP contribution in [0.15, 0.2) is 53.7 Å². The van der Waals surface area contributed by atoms with Crippen LogP contribution in [-0.2, 0) is 13.0 Å². The molecule has 25 heavy (non-hydrogen) atoms. The summed E-state index contributed by atoms with van der Waals surface area (Å²) in [6.45, 7) is 2.04. The Morgan fingerprint density at radius 2 is 2.00 bits per heavy atom. The van der Waals surface area contributed by atoms with Crippen LogP contribution in [0.4, 0.5) is 0 Å². The van der Waals surface area contributed by atoms with E-state index in [4.69, 9.17) is 10.5 Å². The van der Waals surface area contributed by atoms with Crippen LogP contribution in [0.1, 0.15) is 24.1 Å². The molecule has 3 N–H and O–H groups in total. The maximum atomic E-state index is 5.95. The second kappa shape index (κ2) is 10.2. The van der Waals surface area contributed by atoms with E-state index >= 15 is 0 Å². The molecule has 0 radical (unpaired) electrons. The molecule has 1 heterocycles. The minimum absolute atomic E-state index is 0. The molecular formula is C19H25IN4O. The van der Waals surface area contributed by atoms with Gasteiger partial charge in [-0.05, 0) is 37.0 Å². The third kappa shape index (κ3) is 6.89. The molecule has 1 aliphatic carbocycles. The van der Waals surface area contributed by atoms with Gasteiger partial charge in [-0.25, -0.2) is 4.99 Å². The van der Waals surface area contributed by atoms with Gasteiger partial charge in [-0.15, -0.1) is 24.0 Å². The molecule has 2 aromatic rings. The van der Waals surface area contributed by atoms with Gasteiger partial charge in [0.05, 0.1) is 13.2 Å².